The average molecular weight is 379 g/mol. The van der Waals surface area contributed by atoms with Gasteiger partial charge >= 0.3 is 0 Å². The highest BCUT2D eigenvalue weighted by Gasteiger charge is 2.44. The lowest BCUT2D eigenvalue weighted by atomic mass is 9.99. The number of rotatable bonds is 12. The molecule has 1 aliphatic heterocycles. The minimum atomic E-state index is -1.37. The van der Waals surface area contributed by atoms with Gasteiger partial charge in [0.2, 0.25) is 0 Å². The van der Waals surface area contributed by atoms with Crippen molar-refractivity contribution in [2.75, 3.05) is 13.2 Å². The van der Waals surface area contributed by atoms with Gasteiger partial charge in [0.1, 0.15) is 24.4 Å². The maximum atomic E-state index is 10.1. The first-order valence-corrected chi connectivity index (χ1v) is 13.2. The van der Waals surface area contributed by atoms with Crippen LogP contribution in [-0.4, -0.2) is 72.4 Å². The predicted octanol–water partition coefficient (Wildman–Crippen LogP) is 1.87. The molecular formula is C18H38O6Si. The lowest BCUT2D eigenvalue weighted by Gasteiger charge is -2.40. The molecule has 0 aromatic rings. The molecule has 0 spiro atoms. The first-order chi connectivity index (χ1) is 11.8. The van der Waals surface area contributed by atoms with Crippen molar-refractivity contribution in [3.63, 3.8) is 0 Å². The molecule has 0 amide bonds. The smallest absolute Gasteiger partial charge is 0.184 e. The molecule has 0 aromatic heterocycles. The minimum absolute atomic E-state index is 0.438. The minimum Gasteiger partial charge on any atom is -0.394 e. The number of aliphatic hydroxyl groups is 4. The van der Waals surface area contributed by atoms with Crippen molar-refractivity contribution in [3.05, 3.63) is 0 Å². The Kier molecular flexibility index (Phi) is 10.7. The van der Waals surface area contributed by atoms with Gasteiger partial charge in [0, 0.05) is 14.7 Å². The van der Waals surface area contributed by atoms with E-state index in [4.69, 9.17) is 14.6 Å². The molecule has 25 heavy (non-hydrogen) atoms. The molecule has 6 nitrogen and oxygen atoms in total. The number of ether oxygens (including phenoxy) is 2. The van der Waals surface area contributed by atoms with Gasteiger partial charge in [-0.05, 0) is 6.04 Å². The summed E-state index contributed by atoms with van der Waals surface area (Å²) < 4.78 is 10.7. The van der Waals surface area contributed by atoms with Crippen LogP contribution in [0.25, 0.3) is 0 Å². The lowest BCUT2D eigenvalue weighted by molar-refractivity contribution is -0.295. The lowest BCUT2D eigenvalue weighted by Crippen LogP contribution is -2.59. The molecule has 0 unspecified atom stereocenters. The van der Waals surface area contributed by atoms with Gasteiger partial charge in [0.15, 0.2) is 6.29 Å². The predicted molar refractivity (Wildman–Crippen MR) is 100 cm³/mol. The van der Waals surface area contributed by atoms with Crippen LogP contribution >= 0.6 is 0 Å². The number of hydrogen-bond acceptors (Lipinski definition) is 6. The Morgan fingerprint density at radius 1 is 0.920 bits per heavy atom. The summed E-state index contributed by atoms with van der Waals surface area (Å²) in [5.41, 5.74) is 0. The van der Waals surface area contributed by atoms with Crippen LogP contribution in [0.15, 0.2) is 0 Å². The van der Waals surface area contributed by atoms with Crippen molar-refractivity contribution in [2.45, 2.75) is 101 Å². The van der Waals surface area contributed by atoms with Crippen LogP contribution in [-0.2, 0) is 9.47 Å². The number of hydrogen-bond donors (Lipinski definition) is 4. The third-order valence-electron chi connectivity index (χ3n) is 5.14. The Balaban J connectivity index is 2.27. The van der Waals surface area contributed by atoms with Gasteiger partial charge in [0.25, 0.3) is 0 Å². The highest BCUT2D eigenvalue weighted by Crippen LogP contribution is 2.24. The second kappa shape index (κ2) is 11.6. The Bertz CT molecular complexity index is 354. The van der Waals surface area contributed by atoms with Gasteiger partial charge in [-0.15, -0.1) is 0 Å². The fraction of sp³-hybridized carbons (Fsp3) is 1.00. The molecule has 1 heterocycles. The van der Waals surface area contributed by atoms with E-state index in [2.05, 4.69) is 20.0 Å². The number of aliphatic hydroxyl groups excluding tert-OH is 4. The van der Waals surface area contributed by atoms with E-state index in [-0.39, 0.29) is 0 Å². The third kappa shape index (κ3) is 8.03. The number of unbranched alkanes of at least 4 members (excludes halogenated alkanes) is 5. The van der Waals surface area contributed by atoms with E-state index in [1.54, 1.807) is 0 Å². The molecule has 150 valence electrons. The summed E-state index contributed by atoms with van der Waals surface area (Å²) in [6.07, 6.45) is 1.99. The molecule has 4 N–H and O–H groups in total. The van der Waals surface area contributed by atoms with E-state index < -0.39 is 45.4 Å². The van der Waals surface area contributed by atoms with Gasteiger partial charge in [-0.1, -0.05) is 64.6 Å². The summed E-state index contributed by atoms with van der Waals surface area (Å²) in [7, 11) is -1.37. The molecular weight excluding hydrogens is 340 g/mol. The Morgan fingerprint density at radius 2 is 1.56 bits per heavy atom. The van der Waals surface area contributed by atoms with Crippen LogP contribution in [0, 0.1) is 0 Å². The highest BCUT2D eigenvalue weighted by molar-refractivity contribution is 6.77. The second-order valence-electron chi connectivity index (χ2n) is 8.00. The van der Waals surface area contributed by atoms with Crippen LogP contribution in [0.3, 0.4) is 0 Å². The molecule has 5 atom stereocenters. The van der Waals surface area contributed by atoms with Crippen LogP contribution in [0.4, 0.5) is 0 Å². The van der Waals surface area contributed by atoms with E-state index >= 15 is 0 Å². The summed E-state index contributed by atoms with van der Waals surface area (Å²) in [4.78, 5) is 0. The fourth-order valence-corrected chi connectivity index (χ4v) is 5.36. The van der Waals surface area contributed by atoms with Gasteiger partial charge < -0.3 is 29.9 Å². The van der Waals surface area contributed by atoms with Gasteiger partial charge in [-0.25, -0.2) is 0 Å². The van der Waals surface area contributed by atoms with E-state index in [1.165, 1.54) is 44.6 Å². The van der Waals surface area contributed by atoms with E-state index in [0.29, 0.717) is 6.61 Å². The maximum Gasteiger partial charge on any atom is 0.184 e. The van der Waals surface area contributed by atoms with Crippen molar-refractivity contribution < 1.29 is 29.9 Å². The molecule has 1 rings (SSSR count). The molecule has 0 saturated carbocycles. The summed E-state index contributed by atoms with van der Waals surface area (Å²) in [6, 6.07) is 2.20. The molecule has 1 fully saturated rings. The Labute approximate surface area is 153 Å². The Morgan fingerprint density at radius 3 is 2.20 bits per heavy atom. The summed E-state index contributed by atoms with van der Waals surface area (Å²) in [5, 5.41) is 38.9. The van der Waals surface area contributed by atoms with Crippen molar-refractivity contribution in [1.29, 1.82) is 0 Å². The van der Waals surface area contributed by atoms with Crippen LogP contribution in [0.1, 0.15) is 45.4 Å². The SMILES string of the molecule is CCCCCCCC[Si](C)(C)CCO[C@@H]1[C@@H](O)[C@@H](O)[C@@H](CO)O[C@H]1O. The van der Waals surface area contributed by atoms with Crippen molar-refractivity contribution in [2.24, 2.45) is 0 Å². The molecule has 1 aliphatic rings. The van der Waals surface area contributed by atoms with E-state index in [9.17, 15) is 15.3 Å². The van der Waals surface area contributed by atoms with Crippen LogP contribution < -0.4 is 0 Å². The monoisotopic (exact) mass is 378 g/mol. The zero-order valence-corrected chi connectivity index (χ0v) is 17.1. The van der Waals surface area contributed by atoms with Gasteiger partial charge in [-0.2, -0.15) is 0 Å². The second-order valence-corrected chi connectivity index (χ2v) is 13.3. The van der Waals surface area contributed by atoms with E-state index in [1.807, 2.05) is 0 Å². The average Bonchev–Trinajstić information content (AvgIpc) is 2.57. The summed E-state index contributed by atoms with van der Waals surface area (Å²) in [6.45, 7) is 6.88. The topological polar surface area (TPSA) is 99.4 Å². The maximum absolute atomic E-state index is 10.1. The fourth-order valence-electron chi connectivity index (χ4n) is 3.23. The van der Waals surface area contributed by atoms with Gasteiger partial charge in [0.05, 0.1) is 6.61 Å². The quantitative estimate of drug-likeness (QED) is 0.306. The van der Waals surface area contributed by atoms with Crippen molar-refractivity contribution in [1.82, 2.24) is 0 Å². The normalized spacial score (nSPS) is 30.6. The largest absolute Gasteiger partial charge is 0.394 e. The van der Waals surface area contributed by atoms with Crippen LogP contribution in [0.2, 0.25) is 25.2 Å². The molecule has 7 heteroatoms. The zero-order chi connectivity index (χ0) is 18.9. The molecule has 0 aliphatic carbocycles. The van der Waals surface area contributed by atoms with Crippen LogP contribution in [0.5, 0.6) is 0 Å². The van der Waals surface area contributed by atoms with Crippen molar-refractivity contribution >= 4 is 8.07 Å². The third-order valence-corrected chi connectivity index (χ3v) is 8.40. The van der Waals surface area contributed by atoms with Gasteiger partial charge in [-0.3, -0.25) is 0 Å². The van der Waals surface area contributed by atoms with E-state index in [0.717, 1.165) is 6.04 Å². The Hall–Kier alpha value is -0.0231. The molecule has 1 saturated heterocycles. The first kappa shape index (κ1) is 23.0. The summed E-state index contributed by atoms with van der Waals surface area (Å²) in [5.74, 6) is 0. The highest BCUT2D eigenvalue weighted by atomic mass is 28.3. The first-order valence-electron chi connectivity index (χ1n) is 9.74. The van der Waals surface area contributed by atoms with Crippen molar-refractivity contribution in [3.8, 4) is 0 Å². The molecule has 0 bridgehead atoms. The summed E-state index contributed by atoms with van der Waals surface area (Å²) >= 11 is 0. The molecule has 0 aromatic carbocycles. The molecule has 0 radical (unpaired) electrons. The standard InChI is InChI=1S/C18H38O6Si/c1-4-5-6-7-8-9-11-25(2,3)12-10-23-17-16(21)15(20)14(13-19)24-18(17)22/h14-22H,4-13H2,1-3H3/t14-,15+,16+,17-,18-/m1/s1. The zero-order valence-electron chi connectivity index (χ0n) is 16.1.